The number of carbonyl (C=O) groups is 1. The summed E-state index contributed by atoms with van der Waals surface area (Å²) in [5, 5.41) is 10.1. The largest absolute Gasteiger partial charge is 0.359 e. The second-order valence-corrected chi connectivity index (χ2v) is 7.60. The third kappa shape index (κ3) is 4.39. The molecule has 0 aliphatic carbocycles. The van der Waals surface area contributed by atoms with Gasteiger partial charge < -0.3 is 15.2 Å². The second-order valence-electron chi connectivity index (χ2n) is 5.88. The number of halogens is 1. The van der Waals surface area contributed by atoms with Gasteiger partial charge >= 0.3 is 0 Å². The number of pyridine rings is 1. The summed E-state index contributed by atoms with van der Waals surface area (Å²) < 4.78 is 5.90. The molecule has 8 heteroatoms. The summed E-state index contributed by atoms with van der Waals surface area (Å²) >= 11 is 7.08. The molecule has 28 heavy (non-hydrogen) atoms. The van der Waals surface area contributed by atoms with Gasteiger partial charge in [-0.1, -0.05) is 35.0 Å². The summed E-state index contributed by atoms with van der Waals surface area (Å²) in [5.74, 6) is 1.16. The van der Waals surface area contributed by atoms with Crippen LogP contribution in [-0.4, -0.2) is 16.0 Å². The molecule has 0 saturated carbocycles. The summed E-state index contributed by atoms with van der Waals surface area (Å²) in [5.41, 5.74) is 2.54. The van der Waals surface area contributed by atoms with E-state index in [9.17, 15) is 4.79 Å². The number of hydrogen-bond acceptors (Lipinski definition) is 6. The Labute approximate surface area is 170 Å². The van der Waals surface area contributed by atoms with Crippen molar-refractivity contribution >= 4 is 40.4 Å². The standard InChI is InChI=1S/C20H15ClN4O2S/c21-18-9-8-17(28-18)20(26)23-12-15-11-16(25-27-15)13-4-6-14(7-5-13)24-19-3-1-2-10-22-19/h1-11H,12H2,(H,22,24)(H,23,26). The number of aromatic nitrogens is 2. The van der Waals surface area contributed by atoms with Gasteiger partial charge in [0.2, 0.25) is 0 Å². The average molecular weight is 411 g/mol. The highest BCUT2D eigenvalue weighted by atomic mass is 35.5. The lowest BCUT2D eigenvalue weighted by Crippen LogP contribution is -2.21. The monoisotopic (exact) mass is 410 g/mol. The highest BCUT2D eigenvalue weighted by Gasteiger charge is 2.11. The zero-order valence-corrected chi connectivity index (χ0v) is 16.1. The Balaban J connectivity index is 1.37. The Hall–Kier alpha value is -3.16. The van der Waals surface area contributed by atoms with Crippen molar-refractivity contribution in [2.24, 2.45) is 0 Å². The van der Waals surface area contributed by atoms with Crippen LogP contribution in [-0.2, 0) is 6.54 Å². The van der Waals surface area contributed by atoms with Gasteiger partial charge in [0.1, 0.15) is 11.5 Å². The molecule has 0 aliphatic rings. The Morgan fingerprint density at radius 1 is 1.11 bits per heavy atom. The molecule has 1 aromatic carbocycles. The first-order chi connectivity index (χ1) is 13.7. The van der Waals surface area contributed by atoms with Crippen molar-refractivity contribution in [3.63, 3.8) is 0 Å². The molecule has 0 unspecified atom stereocenters. The number of nitrogens with one attached hydrogen (secondary N) is 2. The summed E-state index contributed by atoms with van der Waals surface area (Å²) in [4.78, 5) is 16.9. The van der Waals surface area contributed by atoms with E-state index in [4.69, 9.17) is 16.1 Å². The van der Waals surface area contributed by atoms with Gasteiger partial charge in [0.25, 0.3) is 5.91 Å². The Morgan fingerprint density at radius 3 is 2.68 bits per heavy atom. The zero-order chi connectivity index (χ0) is 19.3. The second kappa shape index (κ2) is 8.24. The van der Waals surface area contributed by atoms with Crippen LogP contribution < -0.4 is 10.6 Å². The molecule has 0 saturated heterocycles. The molecule has 3 aromatic heterocycles. The molecule has 0 radical (unpaired) electrons. The Kier molecular flexibility index (Phi) is 5.36. The molecule has 6 nitrogen and oxygen atoms in total. The lowest BCUT2D eigenvalue weighted by atomic mass is 10.1. The summed E-state index contributed by atoms with van der Waals surface area (Å²) in [6.45, 7) is 0.251. The Bertz CT molecular complexity index is 1080. The average Bonchev–Trinajstić information content (AvgIpc) is 3.37. The molecule has 140 valence electrons. The third-order valence-electron chi connectivity index (χ3n) is 3.90. The SMILES string of the molecule is O=C(NCc1cc(-c2ccc(Nc3ccccn3)cc2)no1)c1ccc(Cl)s1. The fourth-order valence-electron chi connectivity index (χ4n) is 2.53. The van der Waals surface area contributed by atoms with Gasteiger partial charge in [-0.3, -0.25) is 4.79 Å². The maximum absolute atomic E-state index is 12.1. The highest BCUT2D eigenvalue weighted by molar-refractivity contribution is 7.17. The lowest BCUT2D eigenvalue weighted by molar-refractivity contribution is 0.0951. The number of benzene rings is 1. The zero-order valence-electron chi connectivity index (χ0n) is 14.6. The maximum Gasteiger partial charge on any atom is 0.261 e. The van der Waals surface area contributed by atoms with Crippen molar-refractivity contribution in [1.82, 2.24) is 15.5 Å². The van der Waals surface area contributed by atoms with Crippen LogP contribution in [0.5, 0.6) is 0 Å². The van der Waals surface area contributed by atoms with Gasteiger partial charge in [-0.2, -0.15) is 0 Å². The third-order valence-corrected chi connectivity index (χ3v) is 5.13. The number of hydrogen-bond donors (Lipinski definition) is 2. The van der Waals surface area contributed by atoms with Crippen LogP contribution in [0.1, 0.15) is 15.4 Å². The van der Waals surface area contributed by atoms with Gasteiger partial charge in [0.05, 0.1) is 15.8 Å². The van der Waals surface area contributed by atoms with Crippen LogP contribution >= 0.6 is 22.9 Å². The summed E-state index contributed by atoms with van der Waals surface area (Å²) in [6, 6.07) is 18.7. The van der Waals surface area contributed by atoms with Gasteiger partial charge in [0, 0.05) is 23.5 Å². The van der Waals surface area contributed by atoms with Crippen LogP contribution in [0.4, 0.5) is 11.5 Å². The van der Waals surface area contributed by atoms with Crippen LogP contribution in [0.2, 0.25) is 4.34 Å². The topological polar surface area (TPSA) is 80.0 Å². The first-order valence-corrected chi connectivity index (χ1v) is 9.64. The van der Waals surface area contributed by atoms with Crippen molar-refractivity contribution in [3.8, 4) is 11.3 Å². The van der Waals surface area contributed by atoms with E-state index in [2.05, 4.69) is 20.8 Å². The molecule has 1 amide bonds. The maximum atomic E-state index is 12.1. The quantitative estimate of drug-likeness (QED) is 0.461. The van der Waals surface area contributed by atoms with E-state index in [-0.39, 0.29) is 12.5 Å². The molecule has 0 fully saturated rings. The molecule has 3 heterocycles. The molecule has 0 atom stereocenters. The first kappa shape index (κ1) is 18.2. The molecular weight excluding hydrogens is 396 g/mol. The van der Waals surface area contributed by atoms with Gasteiger partial charge in [-0.15, -0.1) is 11.3 Å². The van der Waals surface area contributed by atoms with Gasteiger partial charge in [-0.05, 0) is 36.4 Å². The minimum absolute atomic E-state index is 0.195. The predicted molar refractivity (Wildman–Crippen MR) is 110 cm³/mol. The minimum Gasteiger partial charge on any atom is -0.359 e. The highest BCUT2D eigenvalue weighted by Crippen LogP contribution is 2.23. The predicted octanol–water partition coefficient (Wildman–Crippen LogP) is 5.13. The number of thiophene rings is 1. The van der Waals surface area contributed by atoms with E-state index in [1.807, 2.05) is 48.5 Å². The van der Waals surface area contributed by atoms with Crippen molar-refractivity contribution in [2.75, 3.05) is 5.32 Å². The van der Waals surface area contributed by atoms with Crippen LogP contribution in [0.25, 0.3) is 11.3 Å². The van der Waals surface area contributed by atoms with Crippen molar-refractivity contribution in [2.45, 2.75) is 6.54 Å². The number of amides is 1. The van der Waals surface area contributed by atoms with Gasteiger partial charge in [0.15, 0.2) is 5.76 Å². The van der Waals surface area contributed by atoms with E-state index >= 15 is 0 Å². The number of rotatable bonds is 6. The normalized spacial score (nSPS) is 10.6. The fourth-order valence-corrected chi connectivity index (χ4v) is 3.49. The van der Waals surface area contributed by atoms with Crippen molar-refractivity contribution < 1.29 is 9.32 Å². The van der Waals surface area contributed by atoms with Gasteiger partial charge in [-0.25, -0.2) is 4.98 Å². The summed E-state index contributed by atoms with van der Waals surface area (Å²) in [7, 11) is 0. The smallest absolute Gasteiger partial charge is 0.261 e. The number of carbonyl (C=O) groups excluding carboxylic acids is 1. The minimum atomic E-state index is -0.195. The molecule has 0 bridgehead atoms. The van der Waals surface area contributed by atoms with E-state index < -0.39 is 0 Å². The Morgan fingerprint density at radius 2 is 1.96 bits per heavy atom. The molecule has 2 N–H and O–H groups in total. The molecule has 0 spiro atoms. The van der Waals surface area contributed by atoms with E-state index in [1.54, 1.807) is 18.3 Å². The molecule has 4 rings (SSSR count). The fraction of sp³-hybridized carbons (Fsp3) is 0.0500. The number of nitrogens with zero attached hydrogens (tertiary/aromatic N) is 2. The molecule has 0 aliphatic heterocycles. The number of anilines is 2. The lowest BCUT2D eigenvalue weighted by Gasteiger charge is -2.05. The van der Waals surface area contributed by atoms with Crippen molar-refractivity contribution in [1.29, 1.82) is 0 Å². The molecular formula is C20H15ClN4O2S. The van der Waals surface area contributed by atoms with E-state index in [1.165, 1.54) is 11.3 Å². The van der Waals surface area contributed by atoms with Crippen LogP contribution in [0, 0.1) is 0 Å². The van der Waals surface area contributed by atoms with E-state index in [0.29, 0.717) is 20.7 Å². The van der Waals surface area contributed by atoms with Crippen LogP contribution in [0.3, 0.4) is 0 Å². The van der Waals surface area contributed by atoms with E-state index in [0.717, 1.165) is 17.1 Å². The van der Waals surface area contributed by atoms with Crippen LogP contribution in [0.15, 0.2) is 71.4 Å². The van der Waals surface area contributed by atoms with Crippen molar-refractivity contribution in [3.05, 3.63) is 81.8 Å². The first-order valence-electron chi connectivity index (χ1n) is 8.45. The molecule has 4 aromatic rings. The summed E-state index contributed by atoms with van der Waals surface area (Å²) in [6.07, 6.45) is 1.74.